The van der Waals surface area contributed by atoms with E-state index in [1.54, 1.807) is 0 Å². The van der Waals surface area contributed by atoms with E-state index in [1.165, 1.54) is 22.3 Å². The van der Waals surface area contributed by atoms with Gasteiger partial charge < -0.3 is 10.1 Å². The van der Waals surface area contributed by atoms with Gasteiger partial charge in [-0.1, -0.05) is 30.3 Å². The fourth-order valence-corrected chi connectivity index (χ4v) is 2.73. The fraction of sp³-hybridized carbons (Fsp3) is 0.333. The molecular weight excluding hydrogens is 246 g/mol. The van der Waals surface area contributed by atoms with Crippen molar-refractivity contribution in [1.82, 2.24) is 5.32 Å². The minimum atomic E-state index is 0.305. The molecule has 1 aliphatic heterocycles. The fourth-order valence-electron chi connectivity index (χ4n) is 2.73. The predicted molar refractivity (Wildman–Crippen MR) is 83.1 cm³/mol. The molecule has 2 unspecified atom stereocenters. The first-order valence-corrected chi connectivity index (χ1v) is 7.24. The molecule has 0 amide bonds. The second-order valence-electron chi connectivity index (χ2n) is 5.59. The van der Waals surface area contributed by atoms with Crippen LogP contribution in [0.2, 0.25) is 0 Å². The van der Waals surface area contributed by atoms with Gasteiger partial charge in [-0.05, 0) is 55.3 Å². The van der Waals surface area contributed by atoms with Crippen LogP contribution < -0.4 is 10.1 Å². The van der Waals surface area contributed by atoms with Crippen LogP contribution in [0.25, 0.3) is 11.1 Å². The van der Waals surface area contributed by atoms with Crippen molar-refractivity contribution in [1.29, 1.82) is 0 Å². The van der Waals surface area contributed by atoms with Gasteiger partial charge in [0.2, 0.25) is 0 Å². The van der Waals surface area contributed by atoms with Crippen LogP contribution in [0.3, 0.4) is 0 Å². The first kappa shape index (κ1) is 13.2. The topological polar surface area (TPSA) is 21.3 Å². The molecule has 0 saturated heterocycles. The third-order valence-electron chi connectivity index (χ3n) is 4.07. The molecule has 2 atom stereocenters. The van der Waals surface area contributed by atoms with Gasteiger partial charge in [0.25, 0.3) is 0 Å². The number of nitrogens with one attached hydrogen (secondary N) is 1. The highest BCUT2D eigenvalue weighted by atomic mass is 16.5. The van der Waals surface area contributed by atoms with E-state index >= 15 is 0 Å². The molecule has 0 spiro atoms. The summed E-state index contributed by atoms with van der Waals surface area (Å²) < 4.78 is 5.75. The summed E-state index contributed by atoms with van der Waals surface area (Å²) in [6.45, 7) is 4.29. The van der Waals surface area contributed by atoms with Crippen LogP contribution in [0.4, 0.5) is 0 Å². The minimum absolute atomic E-state index is 0.305. The number of rotatable bonds is 3. The Balaban J connectivity index is 1.88. The number of benzene rings is 2. The van der Waals surface area contributed by atoms with Crippen LogP contribution in [0.5, 0.6) is 5.75 Å². The monoisotopic (exact) mass is 267 g/mol. The maximum atomic E-state index is 5.75. The Hall–Kier alpha value is -1.80. The molecule has 0 saturated carbocycles. The van der Waals surface area contributed by atoms with E-state index in [2.05, 4.69) is 61.6 Å². The summed E-state index contributed by atoms with van der Waals surface area (Å²) >= 11 is 0. The quantitative estimate of drug-likeness (QED) is 0.909. The van der Waals surface area contributed by atoms with Gasteiger partial charge in [-0.25, -0.2) is 0 Å². The van der Waals surface area contributed by atoms with Gasteiger partial charge in [-0.15, -0.1) is 0 Å². The van der Waals surface area contributed by atoms with Crippen LogP contribution in [-0.4, -0.2) is 13.2 Å². The zero-order valence-corrected chi connectivity index (χ0v) is 12.3. The average Bonchev–Trinajstić information content (AvgIpc) is 2.85. The SMILES string of the molecule is CNC(C)c1ccc(-c2ccc3c(c2)CC(C)O3)cc1. The first-order chi connectivity index (χ1) is 9.67. The molecule has 2 heteroatoms. The van der Waals surface area contributed by atoms with Crippen molar-refractivity contribution < 1.29 is 4.74 Å². The maximum absolute atomic E-state index is 5.75. The van der Waals surface area contributed by atoms with Crippen molar-refractivity contribution in [3.63, 3.8) is 0 Å². The molecule has 1 heterocycles. The summed E-state index contributed by atoms with van der Waals surface area (Å²) in [6, 6.07) is 15.7. The molecule has 20 heavy (non-hydrogen) atoms. The lowest BCUT2D eigenvalue weighted by Crippen LogP contribution is -2.11. The molecule has 2 nitrogen and oxygen atoms in total. The minimum Gasteiger partial charge on any atom is -0.490 e. The van der Waals surface area contributed by atoms with Crippen LogP contribution in [0, 0.1) is 0 Å². The Morgan fingerprint density at radius 3 is 2.50 bits per heavy atom. The van der Waals surface area contributed by atoms with Crippen LogP contribution in [0.15, 0.2) is 42.5 Å². The highest BCUT2D eigenvalue weighted by Crippen LogP contribution is 2.33. The first-order valence-electron chi connectivity index (χ1n) is 7.24. The van der Waals surface area contributed by atoms with E-state index in [1.807, 2.05) is 7.05 Å². The summed E-state index contributed by atoms with van der Waals surface area (Å²) in [6.07, 6.45) is 1.32. The maximum Gasteiger partial charge on any atom is 0.123 e. The van der Waals surface area contributed by atoms with Crippen molar-refractivity contribution in [3.05, 3.63) is 53.6 Å². The Morgan fingerprint density at radius 2 is 1.80 bits per heavy atom. The molecule has 0 bridgehead atoms. The molecule has 104 valence electrons. The lowest BCUT2D eigenvalue weighted by atomic mass is 9.99. The molecule has 3 rings (SSSR count). The van der Waals surface area contributed by atoms with Gasteiger partial charge in [0.1, 0.15) is 11.9 Å². The van der Waals surface area contributed by atoms with Crippen molar-refractivity contribution in [2.24, 2.45) is 0 Å². The number of fused-ring (bicyclic) bond motifs is 1. The second-order valence-corrected chi connectivity index (χ2v) is 5.59. The summed E-state index contributed by atoms with van der Waals surface area (Å²) in [5.74, 6) is 1.04. The number of hydrogen-bond donors (Lipinski definition) is 1. The van der Waals surface area contributed by atoms with Gasteiger partial charge in [0.15, 0.2) is 0 Å². The van der Waals surface area contributed by atoms with Crippen molar-refractivity contribution in [2.45, 2.75) is 32.4 Å². The summed E-state index contributed by atoms with van der Waals surface area (Å²) in [4.78, 5) is 0. The van der Waals surface area contributed by atoms with Gasteiger partial charge >= 0.3 is 0 Å². The van der Waals surface area contributed by atoms with Gasteiger partial charge in [0, 0.05) is 12.5 Å². The van der Waals surface area contributed by atoms with Crippen LogP contribution in [-0.2, 0) is 6.42 Å². The van der Waals surface area contributed by atoms with E-state index in [-0.39, 0.29) is 0 Å². The highest BCUT2D eigenvalue weighted by molar-refractivity contribution is 5.66. The predicted octanol–water partition coefficient (Wildman–Crippen LogP) is 3.96. The van der Waals surface area contributed by atoms with Crippen molar-refractivity contribution in [3.8, 4) is 16.9 Å². The Bertz CT molecular complexity index is 603. The molecule has 0 aromatic heterocycles. The summed E-state index contributed by atoms with van der Waals surface area (Å²) in [5, 5.41) is 3.26. The lowest BCUT2D eigenvalue weighted by Gasteiger charge is -2.11. The summed E-state index contributed by atoms with van der Waals surface area (Å²) in [5.41, 5.74) is 5.17. The van der Waals surface area contributed by atoms with E-state index in [9.17, 15) is 0 Å². The lowest BCUT2D eigenvalue weighted by molar-refractivity contribution is 0.254. The van der Waals surface area contributed by atoms with Crippen molar-refractivity contribution >= 4 is 0 Å². The molecule has 1 aliphatic rings. The number of hydrogen-bond acceptors (Lipinski definition) is 2. The highest BCUT2D eigenvalue weighted by Gasteiger charge is 2.19. The molecule has 0 aliphatic carbocycles. The standard InChI is InChI=1S/C18H21NO/c1-12-10-17-11-16(8-9-18(17)20-12)15-6-4-14(5-7-15)13(2)19-3/h4-9,11-13,19H,10H2,1-3H3. The molecule has 1 N–H and O–H groups in total. The van der Waals surface area contributed by atoms with Crippen molar-refractivity contribution in [2.75, 3.05) is 7.05 Å². The largest absolute Gasteiger partial charge is 0.490 e. The molecule has 2 aromatic rings. The van der Waals surface area contributed by atoms with Crippen LogP contribution >= 0.6 is 0 Å². The van der Waals surface area contributed by atoms with E-state index in [0.717, 1.165) is 12.2 Å². The van der Waals surface area contributed by atoms with E-state index in [4.69, 9.17) is 4.74 Å². The molecule has 0 fully saturated rings. The second kappa shape index (κ2) is 5.29. The smallest absolute Gasteiger partial charge is 0.123 e. The zero-order chi connectivity index (χ0) is 14.1. The Kier molecular flexibility index (Phi) is 3.49. The normalized spacial score (nSPS) is 18.4. The van der Waals surface area contributed by atoms with Gasteiger partial charge in [0.05, 0.1) is 0 Å². The van der Waals surface area contributed by atoms with E-state index < -0.39 is 0 Å². The summed E-state index contributed by atoms with van der Waals surface area (Å²) in [7, 11) is 1.99. The molecule has 2 aromatic carbocycles. The van der Waals surface area contributed by atoms with E-state index in [0.29, 0.717) is 12.1 Å². The molecular formula is C18H21NO. The van der Waals surface area contributed by atoms with Gasteiger partial charge in [-0.3, -0.25) is 0 Å². The average molecular weight is 267 g/mol. The number of ether oxygens (including phenoxy) is 1. The third kappa shape index (κ3) is 2.44. The van der Waals surface area contributed by atoms with Crippen LogP contribution in [0.1, 0.15) is 31.0 Å². The van der Waals surface area contributed by atoms with Gasteiger partial charge in [-0.2, -0.15) is 0 Å². The molecule has 0 radical (unpaired) electrons. The third-order valence-corrected chi connectivity index (χ3v) is 4.07. The zero-order valence-electron chi connectivity index (χ0n) is 12.3. The Morgan fingerprint density at radius 1 is 1.10 bits per heavy atom. The Labute approximate surface area is 120 Å².